The molecule has 1 amide bonds. The number of thiophene rings is 1. The molecule has 8 heteroatoms. The van der Waals surface area contributed by atoms with Crippen molar-refractivity contribution in [2.45, 2.75) is 27.0 Å². The van der Waals surface area contributed by atoms with Crippen LogP contribution in [0, 0.1) is 6.92 Å². The maximum Gasteiger partial charge on any atom is 0.349 e. The van der Waals surface area contributed by atoms with E-state index in [1.54, 1.807) is 11.8 Å². The van der Waals surface area contributed by atoms with Crippen LogP contribution in [0.25, 0.3) is 10.2 Å². The fourth-order valence-corrected chi connectivity index (χ4v) is 4.63. The summed E-state index contributed by atoms with van der Waals surface area (Å²) in [4.78, 5) is 45.5. The van der Waals surface area contributed by atoms with Crippen molar-refractivity contribution in [2.75, 3.05) is 11.4 Å². The summed E-state index contributed by atoms with van der Waals surface area (Å²) in [6.45, 7) is 4.06. The summed E-state index contributed by atoms with van der Waals surface area (Å²) in [5.41, 5.74) is 1.81. The summed E-state index contributed by atoms with van der Waals surface area (Å²) in [6, 6.07) is 18.7. The van der Waals surface area contributed by atoms with Gasteiger partial charge in [-0.05, 0) is 37.1 Å². The lowest BCUT2D eigenvalue weighted by Crippen LogP contribution is -2.36. The van der Waals surface area contributed by atoms with E-state index in [-0.39, 0.29) is 24.6 Å². The van der Waals surface area contributed by atoms with Gasteiger partial charge in [-0.15, -0.1) is 11.3 Å². The Morgan fingerprint density at radius 3 is 2.39 bits per heavy atom. The van der Waals surface area contributed by atoms with Gasteiger partial charge in [-0.25, -0.2) is 9.78 Å². The largest absolute Gasteiger partial charge is 0.457 e. The van der Waals surface area contributed by atoms with Crippen LogP contribution in [0.1, 0.15) is 27.7 Å². The fourth-order valence-electron chi connectivity index (χ4n) is 3.60. The van der Waals surface area contributed by atoms with Crippen molar-refractivity contribution in [1.29, 1.82) is 0 Å². The van der Waals surface area contributed by atoms with Gasteiger partial charge in [0, 0.05) is 12.2 Å². The van der Waals surface area contributed by atoms with E-state index in [2.05, 4.69) is 4.98 Å². The van der Waals surface area contributed by atoms with E-state index in [1.807, 2.05) is 67.6 Å². The summed E-state index contributed by atoms with van der Waals surface area (Å²) in [5, 5.41) is 0.338. The van der Waals surface area contributed by atoms with Gasteiger partial charge in [-0.2, -0.15) is 0 Å². The molecule has 0 aliphatic heterocycles. The molecule has 4 aromatic rings. The Labute approximate surface area is 194 Å². The predicted octanol–water partition coefficient (Wildman–Crippen LogP) is 4.18. The molecule has 168 valence electrons. The second-order valence-electron chi connectivity index (χ2n) is 7.45. The second-order valence-corrected chi connectivity index (χ2v) is 8.45. The van der Waals surface area contributed by atoms with Gasteiger partial charge in [0.1, 0.15) is 22.9 Å². The number of carbonyl (C=O) groups is 2. The second kappa shape index (κ2) is 9.79. The summed E-state index contributed by atoms with van der Waals surface area (Å²) in [7, 11) is 0. The highest BCUT2D eigenvalue weighted by Gasteiger charge is 2.22. The third-order valence-electron chi connectivity index (χ3n) is 5.31. The van der Waals surface area contributed by atoms with Gasteiger partial charge >= 0.3 is 5.97 Å². The highest BCUT2D eigenvalue weighted by molar-refractivity contribution is 7.20. The van der Waals surface area contributed by atoms with Crippen molar-refractivity contribution in [3.63, 3.8) is 0 Å². The molecule has 0 spiro atoms. The maximum atomic E-state index is 13.2. The molecule has 0 bridgehead atoms. The number of rotatable bonds is 7. The number of fused-ring (bicyclic) bond motifs is 1. The van der Waals surface area contributed by atoms with E-state index in [9.17, 15) is 14.4 Å². The number of hydrogen-bond acceptors (Lipinski definition) is 6. The molecule has 4 rings (SSSR count). The third-order valence-corrected chi connectivity index (χ3v) is 6.49. The molecule has 0 unspecified atom stereocenters. The average Bonchev–Trinajstić information content (AvgIpc) is 3.18. The number of carbonyl (C=O) groups excluding carboxylic acids is 2. The molecule has 0 fully saturated rings. The van der Waals surface area contributed by atoms with E-state index < -0.39 is 5.97 Å². The molecule has 0 radical (unpaired) electrons. The fraction of sp³-hybridized carbons (Fsp3) is 0.200. The molecule has 7 nitrogen and oxygen atoms in total. The van der Waals surface area contributed by atoms with Crippen LogP contribution in [0.2, 0.25) is 0 Å². The van der Waals surface area contributed by atoms with Gasteiger partial charge in [0.05, 0.1) is 11.7 Å². The lowest BCUT2D eigenvalue weighted by atomic mass is 10.2. The standard InChI is InChI=1S/C25H23N3O4S/c1-3-28(19-12-8-5-9-13-19)20(29)14-27-16-26-23-21(24(27)30)17(2)22(33-23)25(31)32-15-18-10-6-4-7-11-18/h4-13,16H,3,14-15H2,1-2H3. The third kappa shape index (κ3) is 4.70. The Balaban J connectivity index is 1.57. The minimum absolute atomic E-state index is 0.145. The summed E-state index contributed by atoms with van der Waals surface area (Å²) >= 11 is 1.12. The van der Waals surface area contributed by atoms with Gasteiger partial charge in [0.2, 0.25) is 5.91 Å². The molecule has 2 heterocycles. The zero-order chi connectivity index (χ0) is 23.4. The van der Waals surface area contributed by atoms with Crippen molar-refractivity contribution >= 4 is 39.1 Å². The van der Waals surface area contributed by atoms with Crippen LogP contribution < -0.4 is 10.5 Å². The Morgan fingerprint density at radius 2 is 1.73 bits per heavy atom. The first kappa shape index (κ1) is 22.4. The number of para-hydroxylation sites is 1. The number of ether oxygens (including phenoxy) is 1. The smallest absolute Gasteiger partial charge is 0.349 e. The van der Waals surface area contributed by atoms with Crippen molar-refractivity contribution in [2.24, 2.45) is 0 Å². The molecule has 0 saturated carbocycles. The number of likely N-dealkylation sites (N-methyl/N-ethyl adjacent to an activating group) is 1. The monoisotopic (exact) mass is 461 g/mol. The van der Waals surface area contributed by atoms with Crippen LogP contribution in [0.3, 0.4) is 0 Å². The number of benzene rings is 2. The minimum Gasteiger partial charge on any atom is -0.457 e. The highest BCUT2D eigenvalue weighted by Crippen LogP contribution is 2.27. The number of esters is 1. The minimum atomic E-state index is -0.498. The summed E-state index contributed by atoms with van der Waals surface area (Å²) in [5.74, 6) is -0.718. The van der Waals surface area contributed by atoms with Crippen molar-refractivity contribution in [3.8, 4) is 0 Å². The summed E-state index contributed by atoms with van der Waals surface area (Å²) < 4.78 is 6.72. The highest BCUT2D eigenvalue weighted by atomic mass is 32.1. The van der Waals surface area contributed by atoms with Gasteiger partial charge in [-0.1, -0.05) is 48.5 Å². The maximum absolute atomic E-state index is 13.2. The van der Waals surface area contributed by atoms with Gasteiger partial charge in [0.15, 0.2) is 0 Å². The predicted molar refractivity (Wildman–Crippen MR) is 129 cm³/mol. The lowest BCUT2D eigenvalue weighted by molar-refractivity contribution is -0.119. The van der Waals surface area contributed by atoms with Crippen LogP contribution in [0.4, 0.5) is 5.69 Å². The first-order valence-corrected chi connectivity index (χ1v) is 11.4. The summed E-state index contributed by atoms with van der Waals surface area (Å²) in [6.07, 6.45) is 1.36. The normalized spacial score (nSPS) is 10.8. The van der Waals surface area contributed by atoms with E-state index in [1.165, 1.54) is 10.9 Å². The van der Waals surface area contributed by atoms with Crippen LogP contribution in [-0.2, 0) is 22.7 Å². The average molecular weight is 462 g/mol. The van der Waals surface area contributed by atoms with Gasteiger partial charge < -0.3 is 9.64 Å². The first-order chi connectivity index (χ1) is 16.0. The number of aromatic nitrogens is 2. The van der Waals surface area contributed by atoms with E-state index in [0.717, 1.165) is 22.6 Å². The quantitative estimate of drug-likeness (QED) is 0.386. The molecular formula is C25H23N3O4S. The molecule has 0 aliphatic carbocycles. The van der Waals surface area contributed by atoms with E-state index in [4.69, 9.17) is 4.74 Å². The molecule has 0 atom stereocenters. The van der Waals surface area contributed by atoms with E-state index in [0.29, 0.717) is 27.2 Å². The molecule has 0 aliphatic rings. The van der Waals surface area contributed by atoms with Crippen molar-refractivity contribution in [1.82, 2.24) is 9.55 Å². The van der Waals surface area contributed by atoms with Crippen molar-refractivity contribution < 1.29 is 14.3 Å². The molecule has 33 heavy (non-hydrogen) atoms. The zero-order valence-electron chi connectivity index (χ0n) is 18.4. The molecule has 2 aromatic heterocycles. The van der Waals surface area contributed by atoms with E-state index >= 15 is 0 Å². The Kier molecular flexibility index (Phi) is 6.65. The number of anilines is 1. The Bertz CT molecular complexity index is 1350. The molecule has 0 saturated heterocycles. The Hall–Kier alpha value is -3.78. The molecule has 2 aromatic carbocycles. The molecule has 0 N–H and O–H groups in total. The number of hydrogen-bond donors (Lipinski definition) is 0. The number of amides is 1. The van der Waals surface area contributed by atoms with Crippen LogP contribution >= 0.6 is 11.3 Å². The lowest BCUT2D eigenvalue weighted by Gasteiger charge is -2.21. The number of nitrogens with zero attached hydrogens (tertiary/aromatic N) is 3. The van der Waals surface area contributed by atoms with Crippen LogP contribution in [0.15, 0.2) is 71.8 Å². The van der Waals surface area contributed by atoms with Gasteiger partial charge in [-0.3, -0.25) is 14.2 Å². The first-order valence-electron chi connectivity index (χ1n) is 10.5. The number of aryl methyl sites for hydroxylation is 1. The topological polar surface area (TPSA) is 81.5 Å². The van der Waals surface area contributed by atoms with Gasteiger partial charge in [0.25, 0.3) is 5.56 Å². The SMILES string of the molecule is CCN(C(=O)Cn1cnc2sc(C(=O)OCc3ccccc3)c(C)c2c1=O)c1ccccc1. The Morgan fingerprint density at radius 1 is 1.06 bits per heavy atom. The zero-order valence-corrected chi connectivity index (χ0v) is 19.2. The van der Waals surface area contributed by atoms with Crippen LogP contribution in [-0.4, -0.2) is 28.0 Å². The molecular weight excluding hydrogens is 438 g/mol. The van der Waals surface area contributed by atoms with Crippen LogP contribution in [0.5, 0.6) is 0 Å². The van der Waals surface area contributed by atoms with Crippen molar-refractivity contribution in [3.05, 3.63) is 93.3 Å².